The zero-order valence-electron chi connectivity index (χ0n) is 13.9. The minimum Gasteiger partial charge on any atom is -0.465 e. The van der Waals surface area contributed by atoms with Crippen LogP contribution < -0.4 is 0 Å². The van der Waals surface area contributed by atoms with Crippen LogP contribution in [-0.4, -0.2) is 36.4 Å². The number of carbonyl (C=O) groups excluding carboxylic acids is 4. The standard InChI is InChI=1S/C18H14O6S2/c1-23-15(19)11-7-3-5-9-13(11)17(21)25-26-18(22)14-10-6-4-8-12(14)16(20)24-2/h3-10H,1-2H3. The number of esters is 2. The maximum Gasteiger partial charge on any atom is 0.338 e. The zero-order chi connectivity index (χ0) is 19.1. The monoisotopic (exact) mass is 390 g/mol. The third-order valence-electron chi connectivity index (χ3n) is 3.30. The molecule has 0 atom stereocenters. The van der Waals surface area contributed by atoms with E-state index in [1.54, 1.807) is 24.3 Å². The third kappa shape index (κ3) is 4.53. The van der Waals surface area contributed by atoms with Gasteiger partial charge in [-0.05, 0) is 45.9 Å². The van der Waals surface area contributed by atoms with Crippen LogP contribution in [0.2, 0.25) is 0 Å². The second kappa shape index (κ2) is 9.21. The van der Waals surface area contributed by atoms with Crippen LogP contribution in [0, 0.1) is 0 Å². The van der Waals surface area contributed by atoms with Crippen molar-refractivity contribution in [2.24, 2.45) is 0 Å². The molecule has 2 rings (SSSR count). The van der Waals surface area contributed by atoms with Gasteiger partial charge >= 0.3 is 11.9 Å². The molecule has 0 unspecified atom stereocenters. The van der Waals surface area contributed by atoms with Crippen LogP contribution in [0.1, 0.15) is 41.4 Å². The number of ether oxygens (including phenoxy) is 2. The normalized spacial score (nSPS) is 10.1. The Morgan fingerprint density at radius 1 is 0.615 bits per heavy atom. The fourth-order valence-electron chi connectivity index (χ4n) is 2.06. The lowest BCUT2D eigenvalue weighted by Gasteiger charge is -2.07. The number of hydrogen-bond acceptors (Lipinski definition) is 8. The van der Waals surface area contributed by atoms with E-state index in [4.69, 9.17) is 0 Å². The van der Waals surface area contributed by atoms with Gasteiger partial charge in [0.05, 0.1) is 25.3 Å². The van der Waals surface area contributed by atoms with E-state index in [2.05, 4.69) is 9.47 Å². The molecular weight excluding hydrogens is 376 g/mol. The summed E-state index contributed by atoms with van der Waals surface area (Å²) in [6.07, 6.45) is 0. The van der Waals surface area contributed by atoms with Crippen LogP contribution >= 0.6 is 21.6 Å². The fourth-order valence-corrected chi connectivity index (χ4v) is 3.74. The van der Waals surface area contributed by atoms with Crippen molar-refractivity contribution in [3.63, 3.8) is 0 Å². The Morgan fingerprint density at radius 3 is 1.23 bits per heavy atom. The van der Waals surface area contributed by atoms with E-state index in [0.717, 1.165) is 0 Å². The van der Waals surface area contributed by atoms with Gasteiger partial charge in [-0.1, -0.05) is 24.3 Å². The quantitative estimate of drug-likeness (QED) is 0.578. The summed E-state index contributed by atoms with van der Waals surface area (Å²) in [4.78, 5) is 48.3. The summed E-state index contributed by atoms with van der Waals surface area (Å²) in [7, 11) is 3.78. The Morgan fingerprint density at radius 2 is 0.923 bits per heavy atom. The molecule has 0 heterocycles. The molecule has 0 amide bonds. The predicted molar refractivity (Wildman–Crippen MR) is 99.4 cm³/mol. The maximum atomic E-state index is 12.4. The molecule has 2 aromatic rings. The summed E-state index contributed by atoms with van der Waals surface area (Å²) in [5, 5.41) is -0.945. The number of benzene rings is 2. The summed E-state index contributed by atoms with van der Waals surface area (Å²) >= 11 is 0. The molecule has 6 nitrogen and oxygen atoms in total. The first-order valence-corrected chi connectivity index (χ1v) is 9.42. The highest BCUT2D eigenvalue weighted by Crippen LogP contribution is 2.31. The average Bonchev–Trinajstić information content (AvgIpc) is 2.70. The minimum absolute atomic E-state index is 0.121. The van der Waals surface area contributed by atoms with Crippen LogP contribution in [0.3, 0.4) is 0 Å². The van der Waals surface area contributed by atoms with E-state index in [1.165, 1.54) is 38.5 Å². The second-order valence-corrected chi connectivity index (χ2v) is 6.89. The highest BCUT2D eigenvalue weighted by Gasteiger charge is 2.22. The molecule has 2 aromatic carbocycles. The summed E-state index contributed by atoms with van der Waals surface area (Å²) in [6.45, 7) is 0. The molecule has 0 aliphatic heterocycles. The van der Waals surface area contributed by atoms with Crippen LogP contribution in [0.5, 0.6) is 0 Å². The Kier molecular flexibility index (Phi) is 6.99. The van der Waals surface area contributed by atoms with Crippen molar-refractivity contribution in [2.45, 2.75) is 0 Å². The highest BCUT2D eigenvalue weighted by atomic mass is 33.1. The van der Waals surface area contributed by atoms with E-state index >= 15 is 0 Å². The Labute approximate surface area is 157 Å². The van der Waals surface area contributed by atoms with Crippen LogP contribution in [0.15, 0.2) is 48.5 Å². The summed E-state index contributed by atoms with van der Waals surface area (Å²) < 4.78 is 9.30. The molecule has 0 aliphatic carbocycles. The molecule has 0 saturated heterocycles. The van der Waals surface area contributed by atoms with E-state index in [1.807, 2.05) is 0 Å². The Hall–Kier alpha value is -2.58. The van der Waals surface area contributed by atoms with Gasteiger partial charge < -0.3 is 9.47 Å². The van der Waals surface area contributed by atoms with Gasteiger partial charge in [0.1, 0.15) is 0 Å². The van der Waals surface area contributed by atoms with E-state index < -0.39 is 22.2 Å². The van der Waals surface area contributed by atoms with Crippen molar-refractivity contribution < 1.29 is 28.7 Å². The highest BCUT2D eigenvalue weighted by molar-refractivity contribution is 8.87. The Balaban J connectivity index is 2.15. The van der Waals surface area contributed by atoms with Gasteiger partial charge in [0.15, 0.2) is 0 Å². The Bertz CT molecular complexity index is 791. The molecule has 0 aromatic heterocycles. The molecule has 26 heavy (non-hydrogen) atoms. The number of carbonyl (C=O) groups is 4. The fraction of sp³-hybridized carbons (Fsp3) is 0.111. The number of methoxy groups -OCH3 is 2. The first-order valence-electron chi connectivity index (χ1n) is 7.27. The molecule has 0 bridgehead atoms. The molecular formula is C18H14O6S2. The molecule has 0 fully saturated rings. The molecule has 0 N–H and O–H groups in total. The smallest absolute Gasteiger partial charge is 0.338 e. The van der Waals surface area contributed by atoms with Gasteiger partial charge in [-0.3, -0.25) is 9.59 Å². The summed E-state index contributed by atoms with van der Waals surface area (Å²) in [6, 6.07) is 12.3. The minimum atomic E-state index is -0.637. The zero-order valence-corrected chi connectivity index (χ0v) is 15.5. The van der Waals surface area contributed by atoms with Gasteiger partial charge in [0.2, 0.25) is 10.2 Å². The SMILES string of the molecule is COC(=O)c1ccccc1C(=O)SSC(=O)c1ccccc1C(=O)OC. The van der Waals surface area contributed by atoms with E-state index in [-0.39, 0.29) is 22.3 Å². The second-order valence-electron chi connectivity index (χ2n) is 4.82. The van der Waals surface area contributed by atoms with E-state index in [9.17, 15) is 19.2 Å². The third-order valence-corrected chi connectivity index (χ3v) is 5.28. The first-order chi connectivity index (χ1) is 12.5. The van der Waals surface area contributed by atoms with Gasteiger partial charge in [-0.15, -0.1) is 0 Å². The lowest BCUT2D eigenvalue weighted by Crippen LogP contribution is -2.09. The van der Waals surface area contributed by atoms with Crippen molar-refractivity contribution in [1.29, 1.82) is 0 Å². The number of rotatable bonds is 4. The van der Waals surface area contributed by atoms with Crippen molar-refractivity contribution in [2.75, 3.05) is 14.2 Å². The van der Waals surface area contributed by atoms with Crippen LogP contribution in [-0.2, 0) is 9.47 Å². The number of hydrogen-bond donors (Lipinski definition) is 0. The molecule has 0 saturated carbocycles. The summed E-state index contributed by atoms with van der Waals surface area (Å²) in [5.74, 6) is -1.27. The average molecular weight is 390 g/mol. The first kappa shape index (κ1) is 19.7. The summed E-state index contributed by atoms with van der Waals surface area (Å²) in [5.41, 5.74) is 0.530. The molecule has 0 spiro atoms. The lowest BCUT2D eigenvalue weighted by molar-refractivity contribution is 0.0590. The van der Waals surface area contributed by atoms with Crippen LogP contribution in [0.4, 0.5) is 0 Å². The van der Waals surface area contributed by atoms with Gasteiger partial charge in [-0.2, -0.15) is 0 Å². The molecule has 134 valence electrons. The van der Waals surface area contributed by atoms with Crippen LogP contribution in [0.25, 0.3) is 0 Å². The van der Waals surface area contributed by atoms with Crippen molar-refractivity contribution >= 4 is 43.8 Å². The molecule has 8 heteroatoms. The molecule has 0 aliphatic rings. The van der Waals surface area contributed by atoms with Crippen molar-refractivity contribution in [1.82, 2.24) is 0 Å². The van der Waals surface area contributed by atoms with Gasteiger partial charge in [0.25, 0.3) is 0 Å². The van der Waals surface area contributed by atoms with E-state index in [0.29, 0.717) is 21.6 Å². The van der Waals surface area contributed by atoms with Crippen molar-refractivity contribution in [3.8, 4) is 0 Å². The topological polar surface area (TPSA) is 86.7 Å². The van der Waals surface area contributed by atoms with Gasteiger partial charge in [0, 0.05) is 11.1 Å². The maximum absolute atomic E-state index is 12.4. The van der Waals surface area contributed by atoms with Crippen molar-refractivity contribution in [3.05, 3.63) is 70.8 Å². The molecule has 0 radical (unpaired) electrons. The predicted octanol–water partition coefficient (Wildman–Crippen LogP) is 3.62. The van der Waals surface area contributed by atoms with Gasteiger partial charge in [-0.25, -0.2) is 9.59 Å². The largest absolute Gasteiger partial charge is 0.465 e. The lowest BCUT2D eigenvalue weighted by atomic mass is 10.1.